The molecule has 252 valence electrons. The first kappa shape index (κ1) is 29.3. The number of nitrogens with zero attached hydrogens (tertiary/aromatic N) is 2. The first-order chi connectivity index (χ1) is 26.8. The topological polar surface area (TPSA) is 36.1 Å². The van der Waals surface area contributed by atoms with E-state index in [-0.39, 0.29) is 0 Å². The van der Waals surface area contributed by atoms with Crippen LogP contribution in [0, 0.1) is 0 Å². The maximum atomic E-state index is 6.99. The fourth-order valence-corrected chi connectivity index (χ4v) is 8.84. The smallest absolute Gasteiger partial charge is 0.213 e. The summed E-state index contributed by atoms with van der Waals surface area (Å²) in [5, 5.41) is 8.01. The Bertz CT molecular complexity index is 3430. The Labute approximate surface area is 309 Å². The van der Waals surface area contributed by atoms with Crippen molar-refractivity contribution < 1.29 is 8.83 Å². The fourth-order valence-electron chi connectivity index (χ4n) is 8.84. The molecule has 0 saturated heterocycles. The summed E-state index contributed by atoms with van der Waals surface area (Å²) in [5.74, 6) is 0. The van der Waals surface area contributed by atoms with Crippen LogP contribution in [-0.4, -0.2) is 9.13 Å². The molecule has 0 bridgehead atoms. The second-order valence-electron chi connectivity index (χ2n) is 14.0. The molecule has 0 aliphatic carbocycles. The zero-order valence-electron chi connectivity index (χ0n) is 29.0. The molecule has 0 atom stereocenters. The van der Waals surface area contributed by atoms with E-state index in [2.05, 4.69) is 179 Å². The highest BCUT2D eigenvalue weighted by molar-refractivity contribution is 6.24. The summed E-state index contributed by atoms with van der Waals surface area (Å²) in [6.45, 7) is 0. The summed E-state index contributed by atoms with van der Waals surface area (Å²) in [7, 11) is 0. The zero-order valence-corrected chi connectivity index (χ0v) is 29.0. The van der Waals surface area contributed by atoms with Crippen molar-refractivity contribution in [2.75, 3.05) is 0 Å². The first-order valence-electron chi connectivity index (χ1n) is 18.4. The predicted octanol–water partition coefficient (Wildman–Crippen LogP) is 13.9. The van der Waals surface area contributed by atoms with Gasteiger partial charge in [0, 0.05) is 54.8 Å². The van der Waals surface area contributed by atoms with E-state index in [1.165, 1.54) is 27.2 Å². The monoisotopic (exact) mass is 690 g/mol. The minimum absolute atomic E-state index is 0.838. The molecule has 0 fully saturated rings. The van der Waals surface area contributed by atoms with Crippen LogP contribution >= 0.6 is 0 Å². The number of furan rings is 2. The number of para-hydroxylation sites is 6. The molecule has 0 saturated carbocycles. The SMILES string of the molecule is c1ccc(-n2c3ccccc3c3cc(-c4ccc(-c5cccc6c5oc5c6c6ccccc6n5-c5ccccc5)c5oc6ccccc6c45)ccc32)cc1. The van der Waals surface area contributed by atoms with Crippen molar-refractivity contribution in [3.05, 3.63) is 182 Å². The molecule has 0 unspecified atom stereocenters. The summed E-state index contributed by atoms with van der Waals surface area (Å²) < 4.78 is 18.4. The minimum Gasteiger partial charge on any atom is -0.455 e. The fraction of sp³-hybridized carbons (Fsp3) is 0. The maximum Gasteiger partial charge on any atom is 0.213 e. The molecule has 8 aromatic carbocycles. The molecule has 4 heterocycles. The molecule has 54 heavy (non-hydrogen) atoms. The third kappa shape index (κ3) is 4.02. The van der Waals surface area contributed by atoms with E-state index in [4.69, 9.17) is 8.83 Å². The Morgan fingerprint density at radius 2 is 0.926 bits per heavy atom. The number of hydrogen-bond donors (Lipinski definition) is 0. The summed E-state index contributed by atoms with van der Waals surface area (Å²) in [5.41, 5.74) is 13.4. The van der Waals surface area contributed by atoms with Gasteiger partial charge in [-0.05, 0) is 71.8 Å². The van der Waals surface area contributed by atoms with Crippen molar-refractivity contribution in [1.29, 1.82) is 0 Å². The van der Waals surface area contributed by atoms with Crippen molar-refractivity contribution in [3.63, 3.8) is 0 Å². The average Bonchev–Trinajstić information content (AvgIpc) is 3.98. The molecular weight excluding hydrogens is 661 g/mol. The van der Waals surface area contributed by atoms with Crippen molar-refractivity contribution in [1.82, 2.24) is 9.13 Å². The molecule has 4 heteroatoms. The van der Waals surface area contributed by atoms with Gasteiger partial charge in [0.2, 0.25) is 5.71 Å². The standard InChI is InChI=1S/C50H30N2O2/c1-3-14-32(15-4-1)51-42-23-10-7-18-35(42)41-30-31(26-29-44(41)51)34-27-28-37(49-46(34)39-20-9-12-25-45(39)53-49)36-21-13-22-40-47-38-19-8-11-24-43(38)52(50(47)54-48(36)40)33-16-5-2-6-17-33/h1-30H. The quantitative estimate of drug-likeness (QED) is 0.184. The summed E-state index contributed by atoms with van der Waals surface area (Å²) in [6, 6.07) is 64.5. The molecule has 12 rings (SSSR count). The summed E-state index contributed by atoms with van der Waals surface area (Å²) >= 11 is 0. The Morgan fingerprint density at radius 3 is 1.72 bits per heavy atom. The predicted molar refractivity (Wildman–Crippen MR) is 223 cm³/mol. The van der Waals surface area contributed by atoms with Crippen LogP contribution in [0.4, 0.5) is 0 Å². The molecule has 12 aromatic rings. The average molecular weight is 691 g/mol. The van der Waals surface area contributed by atoms with Gasteiger partial charge in [0.1, 0.15) is 16.7 Å². The number of hydrogen-bond acceptors (Lipinski definition) is 2. The highest BCUT2D eigenvalue weighted by Gasteiger charge is 2.24. The van der Waals surface area contributed by atoms with Crippen LogP contribution in [-0.2, 0) is 0 Å². The van der Waals surface area contributed by atoms with Crippen LogP contribution in [0.5, 0.6) is 0 Å². The lowest BCUT2D eigenvalue weighted by atomic mass is 9.93. The van der Waals surface area contributed by atoms with E-state index in [1.807, 2.05) is 12.1 Å². The molecule has 0 radical (unpaired) electrons. The third-order valence-corrected chi connectivity index (χ3v) is 11.1. The van der Waals surface area contributed by atoms with Gasteiger partial charge in [-0.1, -0.05) is 121 Å². The van der Waals surface area contributed by atoms with E-state index in [0.717, 1.165) is 83.2 Å². The largest absolute Gasteiger partial charge is 0.455 e. The molecule has 4 aromatic heterocycles. The van der Waals surface area contributed by atoms with Gasteiger partial charge in [-0.25, -0.2) is 0 Å². The maximum absolute atomic E-state index is 6.99. The Hall–Kier alpha value is -7.30. The highest BCUT2D eigenvalue weighted by atomic mass is 16.3. The van der Waals surface area contributed by atoms with Gasteiger partial charge in [-0.15, -0.1) is 0 Å². The summed E-state index contributed by atoms with van der Waals surface area (Å²) in [6.07, 6.45) is 0. The number of aromatic nitrogens is 2. The summed E-state index contributed by atoms with van der Waals surface area (Å²) in [4.78, 5) is 0. The zero-order chi connectivity index (χ0) is 35.3. The van der Waals surface area contributed by atoms with Gasteiger partial charge in [0.25, 0.3) is 0 Å². The van der Waals surface area contributed by atoms with Gasteiger partial charge in [0.05, 0.1) is 21.9 Å². The molecule has 0 spiro atoms. The van der Waals surface area contributed by atoms with Gasteiger partial charge in [-0.2, -0.15) is 0 Å². The lowest BCUT2D eigenvalue weighted by molar-refractivity contribution is 0.645. The van der Waals surface area contributed by atoms with Crippen molar-refractivity contribution >= 4 is 76.7 Å². The molecule has 0 aliphatic heterocycles. The van der Waals surface area contributed by atoms with Crippen molar-refractivity contribution in [2.24, 2.45) is 0 Å². The Balaban J connectivity index is 1.12. The van der Waals surface area contributed by atoms with E-state index < -0.39 is 0 Å². The lowest BCUT2D eigenvalue weighted by Gasteiger charge is -2.11. The van der Waals surface area contributed by atoms with E-state index in [9.17, 15) is 0 Å². The van der Waals surface area contributed by atoms with Gasteiger partial charge in [-0.3, -0.25) is 4.57 Å². The molecule has 0 aliphatic rings. The van der Waals surface area contributed by atoms with Crippen LogP contribution in [0.2, 0.25) is 0 Å². The van der Waals surface area contributed by atoms with Gasteiger partial charge < -0.3 is 13.4 Å². The van der Waals surface area contributed by atoms with Crippen LogP contribution in [0.25, 0.3) is 110 Å². The van der Waals surface area contributed by atoms with Crippen molar-refractivity contribution in [3.8, 4) is 33.6 Å². The van der Waals surface area contributed by atoms with Crippen LogP contribution < -0.4 is 0 Å². The van der Waals surface area contributed by atoms with E-state index >= 15 is 0 Å². The Morgan fingerprint density at radius 1 is 0.333 bits per heavy atom. The second-order valence-corrected chi connectivity index (χ2v) is 14.0. The number of fused-ring (bicyclic) bond motifs is 11. The molecule has 0 N–H and O–H groups in total. The van der Waals surface area contributed by atoms with Crippen LogP contribution in [0.15, 0.2) is 191 Å². The van der Waals surface area contributed by atoms with Crippen LogP contribution in [0.3, 0.4) is 0 Å². The van der Waals surface area contributed by atoms with Crippen molar-refractivity contribution in [2.45, 2.75) is 0 Å². The molecule has 0 amide bonds. The van der Waals surface area contributed by atoms with Gasteiger partial charge >= 0.3 is 0 Å². The number of benzene rings is 8. The first-order valence-corrected chi connectivity index (χ1v) is 18.4. The highest BCUT2D eigenvalue weighted by Crippen LogP contribution is 2.47. The molecular formula is C50H30N2O2. The molecule has 4 nitrogen and oxygen atoms in total. The van der Waals surface area contributed by atoms with Crippen LogP contribution in [0.1, 0.15) is 0 Å². The minimum atomic E-state index is 0.838. The normalized spacial score (nSPS) is 12.1. The third-order valence-electron chi connectivity index (χ3n) is 11.1. The lowest BCUT2D eigenvalue weighted by Crippen LogP contribution is -1.92. The van der Waals surface area contributed by atoms with E-state index in [0.29, 0.717) is 0 Å². The van der Waals surface area contributed by atoms with E-state index in [1.54, 1.807) is 0 Å². The van der Waals surface area contributed by atoms with Gasteiger partial charge in [0.15, 0.2) is 0 Å². The Kier molecular flexibility index (Phi) is 6.02. The second kappa shape index (κ2) is 11.1. The number of rotatable bonds is 4.